The molecule has 0 heterocycles. The Morgan fingerprint density at radius 1 is 0.737 bits per heavy atom. The van der Waals surface area contributed by atoms with Crippen molar-refractivity contribution in [2.75, 3.05) is 0 Å². The maximum Gasteiger partial charge on any atom is -0.0184 e. The Labute approximate surface area is 243 Å². The third-order valence-electron chi connectivity index (χ3n) is 10.4. The summed E-state index contributed by atoms with van der Waals surface area (Å²) in [5.74, 6) is 7.18. The van der Waals surface area contributed by atoms with Crippen molar-refractivity contribution in [1.82, 2.24) is 3.30 Å². The number of hydrogen-bond donors (Lipinski definition) is 1. The molecule has 2 aromatic rings. The molecule has 2 aromatic carbocycles. The molecule has 1 N–H and O–H groups in total. The quantitative estimate of drug-likeness (QED) is 0.302. The van der Waals surface area contributed by atoms with Crippen LogP contribution in [0.15, 0.2) is 80.7 Å². The van der Waals surface area contributed by atoms with Gasteiger partial charge in [0.15, 0.2) is 0 Å². The van der Waals surface area contributed by atoms with Crippen molar-refractivity contribution >= 4 is 10.6 Å². The van der Waals surface area contributed by atoms with Crippen LogP contribution in [0.5, 0.6) is 0 Å². The molecule has 0 aromatic heterocycles. The second-order valence-corrected chi connectivity index (χ2v) is 56.5. The number of nitrogens with one attached hydrogen (secondary N) is 1. The molecule has 4 fully saturated rings. The molecule has 0 spiro atoms. The van der Waals surface area contributed by atoms with E-state index in [0.29, 0.717) is 16.4 Å². The Morgan fingerprint density at radius 3 is 1.63 bits per heavy atom. The maximum atomic E-state index is 4.67. The van der Waals surface area contributed by atoms with Crippen LogP contribution in [-0.2, 0) is 19.2 Å². The first-order valence-electron chi connectivity index (χ1n) is 15.1. The molecule has 4 saturated carbocycles. The van der Waals surface area contributed by atoms with E-state index in [-0.39, 0.29) is 0 Å². The van der Waals surface area contributed by atoms with Gasteiger partial charge in [-0.15, -0.1) is 0 Å². The molecule has 1 nitrogen and oxygen atoms in total. The summed E-state index contributed by atoms with van der Waals surface area (Å²) >= 11 is -1.91. The first-order chi connectivity index (χ1) is 17.9. The number of allylic oxidation sites excluding steroid dienone is 4. The maximum absolute atomic E-state index is 4.67. The van der Waals surface area contributed by atoms with Crippen molar-refractivity contribution in [2.45, 2.75) is 97.1 Å². The van der Waals surface area contributed by atoms with Gasteiger partial charge in [0.2, 0.25) is 0 Å². The first kappa shape index (κ1) is 28.8. The average Bonchev–Trinajstić information content (AvgIpc) is 3.04. The van der Waals surface area contributed by atoms with Gasteiger partial charge in [0.25, 0.3) is 0 Å². The van der Waals surface area contributed by atoms with E-state index in [1.165, 1.54) is 49.7 Å². The van der Waals surface area contributed by atoms with Gasteiger partial charge < -0.3 is 0 Å². The summed E-state index contributed by atoms with van der Waals surface area (Å²) in [6, 6.07) is 20.8. The zero-order chi connectivity index (χ0) is 27.3. The van der Waals surface area contributed by atoms with Gasteiger partial charge in [-0.25, -0.2) is 0 Å². The second-order valence-electron chi connectivity index (χ2n) is 14.4. The number of rotatable bonds is 5. The Kier molecular flexibility index (Phi) is 8.29. The van der Waals surface area contributed by atoms with E-state index in [0.717, 1.165) is 11.8 Å². The molecule has 4 bridgehead atoms. The van der Waals surface area contributed by atoms with Crippen LogP contribution in [0.3, 0.4) is 0 Å². The Morgan fingerprint density at radius 2 is 1.24 bits per heavy atom. The summed E-state index contributed by atoms with van der Waals surface area (Å²) in [4.78, 5) is 0. The Hall–Kier alpha value is -0.707. The van der Waals surface area contributed by atoms with Gasteiger partial charge in [-0.3, -0.25) is 0 Å². The molecular formula is C35H50GeHfN. The standard InChI is InChI=1S/C12H20N.C12H10.C9H13.C2H7Ge.Hf/c1-10-3-9-4-11(2,6-10)8-12(13,5-9)7-10;1-3-7-11(8-4-1)12-9-5-2-6-10-12;1-6-5-7(2)9(4)8(6)3;1-3-2;/h9,13H,3-8H2,1-2H3;1-10H;6H,1-4H3;3H,1-2H3;/q-1;;;;+1. The minimum Gasteiger partial charge on any atom is -0.0622 e. The minimum absolute atomic E-state index is 0.526. The van der Waals surface area contributed by atoms with Crippen LogP contribution in [-0.4, -0.2) is 16.2 Å². The van der Waals surface area contributed by atoms with Crippen LogP contribution < -0.4 is 3.30 Å². The fourth-order valence-electron chi connectivity index (χ4n) is 9.46. The van der Waals surface area contributed by atoms with E-state index in [2.05, 4.69) is 105 Å². The Balaban J connectivity index is 0.000000204. The molecule has 3 unspecified atom stereocenters. The predicted molar refractivity (Wildman–Crippen MR) is 164 cm³/mol. The third kappa shape index (κ3) is 5.71. The summed E-state index contributed by atoms with van der Waals surface area (Å²) in [6.45, 7) is 15.0. The van der Waals surface area contributed by atoms with E-state index >= 15 is 0 Å². The van der Waals surface area contributed by atoms with Gasteiger partial charge in [-0.2, -0.15) is 0 Å². The fourth-order valence-corrected chi connectivity index (χ4v) is 49.8. The van der Waals surface area contributed by atoms with E-state index in [9.17, 15) is 0 Å². The first-order valence-corrected chi connectivity index (χ1v) is 35.5. The normalized spacial score (nSPS) is 33.6. The van der Waals surface area contributed by atoms with Crippen LogP contribution in [0.1, 0.15) is 80.1 Å². The summed E-state index contributed by atoms with van der Waals surface area (Å²) in [7, 11) is -1.15. The molecule has 0 radical (unpaired) electrons. The van der Waals surface area contributed by atoms with Crippen molar-refractivity contribution in [3.05, 3.63) is 80.7 Å². The smallest absolute Gasteiger partial charge is 0.0184 e. The minimum atomic E-state index is -1.91. The zero-order valence-electron chi connectivity index (χ0n) is 25.2. The van der Waals surface area contributed by atoms with Crippen molar-refractivity contribution < 1.29 is 19.2 Å². The molecule has 203 valence electrons. The molecule has 0 amide bonds. The van der Waals surface area contributed by atoms with Crippen molar-refractivity contribution in [2.24, 2.45) is 22.7 Å². The van der Waals surface area contributed by atoms with Crippen molar-refractivity contribution in [3.8, 4) is 11.1 Å². The summed E-state index contributed by atoms with van der Waals surface area (Å²) in [5, 5.41) is 0. The fraction of sp³-hybridized carbons (Fsp3) is 0.543. The van der Waals surface area contributed by atoms with Gasteiger partial charge in [-0.05, 0) is 11.1 Å². The van der Waals surface area contributed by atoms with Gasteiger partial charge in [0, 0.05) is 0 Å². The summed E-state index contributed by atoms with van der Waals surface area (Å²) in [5.41, 5.74) is 9.37. The third-order valence-corrected chi connectivity index (χ3v) is 50.1. The van der Waals surface area contributed by atoms with Crippen LogP contribution in [0.2, 0.25) is 11.5 Å². The van der Waals surface area contributed by atoms with E-state index in [1.807, 2.05) is 15.5 Å². The SMILES string of the molecule is CC1=C(C)C(C)[C]([Hf]([NH]C23CC4CC(C)(CC(C)(C4)C2)C3)[GeH]([CH3])[CH3])=C1C.c1ccc(-c2ccccc2)cc1. The van der Waals surface area contributed by atoms with Crippen LogP contribution in [0, 0.1) is 22.7 Å². The van der Waals surface area contributed by atoms with E-state index in [1.54, 1.807) is 16.7 Å². The summed E-state index contributed by atoms with van der Waals surface area (Å²) < 4.78 is 6.66. The molecule has 0 saturated heterocycles. The van der Waals surface area contributed by atoms with E-state index in [4.69, 9.17) is 0 Å². The predicted octanol–water partition coefficient (Wildman–Crippen LogP) is 9.46. The van der Waals surface area contributed by atoms with Crippen molar-refractivity contribution in [3.63, 3.8) is 0 Å². The molecular weight excluding hydrogens is 685 g/mol. The van der Waals surface area contributed by atoms with Crippen LogP contribution in [0.25, 0.3) is 11.1 Å². The zero-order valence-corrected chi connectivity index (χ0v) is 31.3. The van der Waals surface area contributed by atoms with Crippen LogP contribution in [0.4, 0.5) is 0 Å². The monoisotopic (exact) mass is 738 g/mol. The number of hydrogen-bond acceptors (Lipinski definition) is 1. The van der Waals surface area contributed by atoms with Gasteiger partial charge in [0.05, 0.1) is 0 Å². The molecule has 38 heavy (non-hydrogen) atoms. The summed E-state index contributed by atoms with van der Waals surface area (Å²) in [6.07, 6.45) is 9.03. The molecule has 0 aliphatic heterocycles. The average molecular weight is 736 g/mol. The largest absolute Gasteiger partial charge is 0.0622 e. The Bertz CT molecular complexity index is 1160. The van der Waals surface area contributed by atoms with Gasteiger partial charge in [0.1, 0.15) is 0 Å². The number of benzene rings is 2. The molecule has 7 rings (SSSR count). The van der Waals surface area contributed by atoms with E-state index < -0.39 is 29.9 Å². The second kappa shape index (κ2) is 10.9. The van der Waals surface area contributed by atoms with Crippen molar-refractivity contribution in [1.29, 1.82) is 0 Å². The topological polar surface area (TPSA) is 12.0 Å². The molecule has 5 aliphatic rings. The molecule has 3 heteroatoms. The van der Waals surface area contributed by atoms with Crippen LogP contribution >= 0.6 is 0 Å². The molecule has 3 atom stereocenters. The van der Waals surface area contributed by atoms with Gasteiger partial charge in [-0.1, -0.05) is 60.7 Å². The van der Waals surface area contributed by atoms with Gasteiger partial charge >= 0.3 is 173 Å². The molecule has 5 aliphatic carbocycles.